The number of aryl methyl sites for hydroxylation is 1. The quantitative estimate of drug-likeness (QED) is 0.384. The molecule has 2 N–H and O–H groups in total. The second-order valence-corrected chi connectivity index (χ2v) is 6.82. The molecule has 0 aliphatic carbocycles. The van der Waals surface area contributed by atoms with E-state index in [1.54, 1.807) is 18.4 Å². The van der Waals surface area contributed by atoms with E-state index in [0.29, 0.717) is 12.5 Å². The van der Waals surface area contributed by atoms with Crippen LogP contribution in [0.25, 0.3) is 0 Å². The standard InChI is InChI=1S/C16H27N5OS.HI/c1-3-13-11-19-14(23-13)7-8-18-16(17-2)20-12-15(22)21-9-5-4-6-10-21;/h11H,3-10,12H2,1-2H3,(H2,17,18,20);1H. The lowest BCUT2D eigenvalue weighted by Gasteiger charge is -2.27. The van der Waals surface area contributed by atoms with E-state index in [1.165, 1.54) is 11.3 Å². The fourth-order valence-electron chi connectivity index (χ4n) is 2.55. The Morgan fingerprint density at radius 1 is 1.33 bits per heavy atom. The maximum atomic E-state index is 12.1. The molecule has 1 fully saturated rings. The van der Waals surface area contributed by atoms with E-state index in [2.05, 4.69) is 27.5 Å². The molecule has 8 heteroatoms. The third kappa shape index (κ3) is 6.92. The second kappa shape index (κ2) is 11.6. The molecule has 1 aromatic heterocycles. The van der Waals surface area contributed by atoms with Crippen LogP contribution in [-0.2, 0) is 17.6 Å². The highest BCUT2D eigenvalue weighted by Gasteiger charge is 2.16. The summed E-state index contributed by atoms with van der Waals surface area (Å²) in [6, 6.07) is 0. The van der Waals surface area contributed by atoms with Crippen LogP contribution in [0, 0.1) is 0 Å². The van der Waals surface area contributed by atoms with Gasteiger partial charge in [-0.25, -0.2) is 4.98 Å². The van der Waals surface area contributed by atoms with Crippen molar-refractivity contribution in [3.8, 4) is 0 Å². The smallest absolute Gasteiger partial charge is 0.241 e. The molecular weight excluding hydrogens is 437 g/mol. The first-order chi connectivity index (χ1) is 11.2. The summed E-state index contributed by atoms with van der Waals surface area (Å²) >= 11 is 1.76. The third-order valence-electron chi connectivity index (χ3n) is 3.92. The molecule has 24 heavy (non-hydrogen) atoms. The Balaban J connectivity index is 0.00000288. The topological polar surface area (TPSA) is 69.6 Å². The highest BCUT2D eigenvalue weighted by molar-refractivity contribution is 14.0. The molecule has 1 saturated heterocycles. The first kappa shape index (κ1) is 21.1. The number of guanidine groups is 1. The summed E-state index contributed by atoms with van der Waals surface area (Å²) in [5, 5.41) is 7.47. The average Bonchev–Trinajstić information content (AvgIpc) is 3.06. The van der Waals surface area contributed by atoms with Crippen molar-refractivity contribution in [1.82, 2.24) is 20.5 Å². The van der Waals surface area contributed by atoms with Crippen LogP contribution in [-0.4, -0.2) is 55.0 Å². The molecule has 1 aromatic rings. The van der Waals surface area contributed by atoms with E-state index >= 15 is 0 Å². The fourth-order valence-corrected chi connectivity index (χ4v) is 3.41. The molecule has 0 saturated carbocycles. The first-order valence-electron chi connectivity index (χ1n) is 8.38. The van der Waals surface area contributed by atoms with Crippen molar-refractivity contribution in [2.24, 2.45) is 4.99 Å². The highest BCUT2D eigenvalue weighted by Crippen LogP contribution is 2.13. The molecule has 1 amide bonds. The average molecular weight is 465 g/mol. The number of aromatic nitrogens is 1. The van der Waals surface area contributed by atoms with E-state index < -0.39 is 0 Å². The van der Waals surface area contributed by atoms with Crippen LogP contribution in [0.15, 0.2) is 11.2 Å². The molecule has 136 valence electrons. The fraction of sp³-hybridized carbons (Fsp3) is 0.688. The summed E-state index contributed by atoms with van der Waals surface area (Å²) in [7, 11) is 1.72. The Hall–Kier alpha value is -0.900. The molecule has 0 aromatic carbocycles. The Morgan fingerprint density at radius 3 is 2.71 bits per heavy atom. The molecule has 1 aliphatic heterocycles. The predicted molar refractivity (Wildman–Crippen MR) is 110 cm³/mol. The van der Waals surface area contributed by atoms with Gasteiger partial charge in [-0.1, -0.05) is 6.92 Å². The van der Waals surface area contributed by atoms with Gasteiger partial charge in [0.15, 0.2) is 5.96 Å². The Kier molecular flexibility index (Phi) is 10.2. The molecule has 0 unspecified atom stereocenters. The second-order valence-electron chi connectivity index (χ2n) is 5.62. The number of rotatable bonds is 6. The number of aliphatic imine (C=N–C) groups is 1. The molecule has 2 heterocycles. The summed E-state index contributed by atoms with van der Waals surface area (Å²) in [6.45, 7) is 4.97. The lowest BCUT2D eigenvalue weighted by molar-refractivity contribution is -0.130. The van der Waals surface area contributed by atoms with Gasteiger partial charge < -0.3 is 15.5 Å². The van der Waals surface area contributed by atoms with Gasteiger partial charge in [0.2, 0.25) is 5.91 Å². The van der Waals surface area contributed by atoms with E-state index in [1.807, 2.05) is 11.1 Å². The number of nitrogens with one attached hydrogen (secondary N) is 2. The molecule has 0 spiro atoms. The van der Waals surface area contributed by atoms with Gasteiger partial charge in [0.1, 0.15) is 0 Å². The number of thiazole rings is 1. The number of amides is 1. The predicted octanol–water partition coefficient (Wildman–Crippen LogP) is 2.04. The van der Waals surface area contributed by atoms with Gasteiger partial charge in [-0.2, -0.15) is 0 Å². The van der Waals surface area contributed by atoms with Crippen LogP contribution in [0.2, 0.25) is 0 Å². The maximum absolute atomic E-state index is 12.1. The van der Waals surface area contributed by atoms with Gasteiger partial charge in [0.05, 0.1) is 11.6 Å². The lowest BCUT2D eigenvalue weighted by atomic mass is 10.1. The monoisotopic (exact) mass is 465 g/mol. The minimum absolute atomic E-state index is 0. The zero-order valence-corrected chi connectivity index (χ0v) is 17.7. The molecule has 0 atom stereocenters. The first-order valence-corrected chi connectivity index (χ1v) is 9.20. The highest BCUT2D eigenvalue weighted by atomic mass is 127. The zero-order valence-electron chi connectivity index (χ0n) is 14.5. The van der Waals surface area contributed by atoms with E-state index in [0.717, 1.165) is 50.3 Å². The van der Waals surface area contributed by atoms with Gasteiger partial charge in [-0.15, -0.1) is 35.3 Å². The number of carbonyl (C=O) groups excluding carboxylic acids is 1. The van der Waals surface area contributed by atoms with E-state index in [4.69, 9.17) is 0 Å². The minimum Gasteiger partial charge on any atom is -0.356 e. The number of hydrogen-bond acceptors (Lipinski definition) is 4. The molecule has 6 nitrogen and oxygen atoms in total. The minimum atomic E-state index is 0. The summed E-state index contributed by atoms with van der Waals surface area (Å²) < 4.78 is 0. The van der Waals surface area contributed by atoms with Crippen LogP contribution in [0.4, 0.5) is 0 Å². The Morgan fingerprint density at radius 2 is 2.08 bits per heavy atom. The molecule has 0 bridgehead atoms. The number of likely N-dealkylation sites (tertiary alicyclic amines) is 1. The third-order valence-corrected chi connectivity index (χ3v) is 5.12. The lowest BCUT2D eigenvalue weighted by Crippen LogP contribution is -2.46. The van der Waals surface area contributed by atoms with Crippen molar-refractivity contribution in [3.05, 3.63) is 16.1 Å². The van der Waals surface area contributed by atoms with Gasteiger partial charge in [0, 0.05) is 44.2 Å². The Labute approximate surface area is 165 Å². The maximum Gasteiger partial charge on any atom is 0.241 e. The van der Waals surface area contributed by atoms with Crippen molar-refractivity contribution >= 4 is 47.2 Å². The largest absolute Gasteiger partial charge is 0.356 e. The SMILES string of the molecule is CCc1cnc(CCNC(=NC)NCC(=O)N2CCCCC2)s1.I. The van der Waals surface area contributed by atoms with Crippen molar-refractivity contribution in [1.29, 1.82) is 0 Å². The van der Waals surface area contributed by atoms with Crippen LogP contribution in [0.3, 0.4) is 0 Å². The molecule has 0 radical (unpaired) electrons. The van der Waals surface area contributed by atoms with Crippen molar-refractivity contribution < 1.29 is 4.79 Å². The summed E-state index contributed by atoms with van der Waals surface area (Å²) in [4.78, 5) is 23.9. The number of carbonyl (C=O) groups is 1. The molecular formula is C16H28IN5OS. The summed E-state index contributed by atoms with van der Waals surface area (Å²) in [5.74, 6) is 0.822. The van der Waals surface area contributed by atoms with E-state index in [-0.39, 0.29) is 29.9 Å². The number of piperidine rings is 1. The van der Waals surface area contributed by atoms with Crippen LogP contribution in [0.5, 0.6) is 0 Å². The van der Waals surface area contributed by atoms with Crippen molar-refractivity contribution in [2.45, 2.75) is 39.0 Å². The summed E-state index contributed by atoms with van der Waals surface area (Å²) in [5.41, 5.74) is 0. The summed E-state index contributed by atoms with van der Waals surface area (Å²) in [6.07, 6.45) is 7.32. The van der Waals surface area contributed by atoms with Crippen LogP contribution in [0.1, 0.15) is 36.1 Å². The molecule has 1 aliphatic rings. The van der Waals surface area contributed by atoms with Gasteiger partial charge in [0.25, 0.3) is 0 Å². The normalized spacial score (nSPS) is 14.9. The van der Waals surface area contributed by atoms with Crippen molar-refractivity contribution in [3.63, 3.8) is 0 Å². The van der Waals surface area contributed by atoms with Crippen LogP contribution >= 0.6 is 35.3 Å². The number of nitrogens with zero attached hydrogens (tertiary/aromatic N) is 3. The molecule has 2 rings (SSSR count). The van der Waals surface area contributed by atoms with E-state index in [9.17, 15) is 4.79 Å². The van der Waals surface area contributed by atoms with Gasteiger partial charge in [-0.05, 0) is 25.7 Å². The Bertz CT molecular complexity index is 528. The van der Waals surface area contributed by atoms with Crippen LogP contribution < -0.4 is 10.6 Å². The zero-order chi connectivity index (χ0) is 16.5. The van der Waals surface area contributed by atoms with Gasteiger partial charge in [-0.3, -0.25) is 9.79 Å². The number of hydrogen-bond donors (Lipinski definition) is 2. The van der Waals surface area contributed by atoms with Crippen molar-refractivity contribution in [2.75, 3.05) is 33.2 Å². The van der Waals surface area contributed by atoms with Gasteiger partial charge >= 0.3 is 0 Å². The number of halogens is 1.